The quantitative estimate of drug-likeness (QED) is 0.456. The molecule has 1 heterocycles. The Bertz CT molecular complexity index is 315. The van der Waals surface area contributed by atoms with Crippen molar-refractivity contribution in [2.24, 2.45) is 5.16 Å². The molecule has 0 amide bonds. The van der Waals surface area contributed by atoms with Gasteiger partial charge in [-0.05, 0) is 13.8 Å². The molecule has 0 aliphatic rings. The summed E-state index contributed by atoms with van der Waals surface area (Å²) < 4.78 is 10.7. The van der Waals surface area contributed by atoms with Gasteiger partial charge in [-0.3, -0.25) is 4.98 Å². The first-order valence-corrected chi connectivity index (χ1v) is 4.74. The maximum Gasteiger partial charge on any atom is 0.150 e. The van der Waals surface area contributed by atoms with Gasteiger partial charge in [0.1, 0.15) is 11.5 Å². The highest BCUT2D eigenvalue weighted by Gasteiger charge is 2.09. The second-order valence-corrected chi connectivity index (χ2v) is 2.66. The SMILES string of the molecule is CCOc1cncc(OCC)c1/C=N/O. The molecule has 0 saturated heterocycles. The number of hydrogen-bond acceptors (Lipinski definition) is 5. The van der Waals surface area contributed by atoms with Crippen LogP contribution in [0.1, 0.15) is 19.4 Å². The topological polar surface area (TPSA) is 63.9 Å². The highest BCUT2D eigenvalue weighted by Crippen LogP contribution is 2.25. The predicted molar refractivity (Wildman–Crippen MR) is 56.0 cm³/mol. The van der Waals surface area contributed by atoms with Gasteiger partial charge in [0, 0.05) is 0 Å². The van der Waals surface area contributed by atoms with E-state index in [4.69, 9.17) is 14.7 Å². The first-order chi connectivity index (χ1) is 7.33. The summed E-state index contributed by atoms with van der Waals surface area (Å²) in [6.45, 7) is 4.77. The molecule has 5 nitrogen and oxygen atoms in total. The van der Waals surface area contributed by atoms with Crippen LogP contribution in [0.3, 0.4) is 0 Å². The molecule has 0 aliphatic carbocycles. The average Bonchev–Trinajstić information content (AvgIpc) is 2.23. The van der Waals surface area contributed by atoms with Crippen molar-refractivity contribution in [2.75, 3.05) is 13.2 Å². The fourth-order valence-corrected chi connectivity index (χ4v) is 1.16. The second kappa shape index (κ2) is 5.85. The van der Waals surface area contributed by atoms with Crippen LogP contribution in [0.4, 0.5) is 0 Å². The zero-order valence-electron chi connectivity index (χ0n) is 8.80. The number of hydrogen-bond donors (Lipinski definition) is 1. The van der Waals surface area contributed by atoms with Crippen molar-refractivity contribution in [3.05, 3.63) is 18.0 Å². The number of nitrogens with zero attached hydrogens (tertiary/aromatic N) is 2. The highest BCUT2D eigenvalue weighted by molar-refractivity contribution is 5.86. The third-order valence-corrected chi connectivity index (χ3v) is 1.70. The lowest BCUT2D eigenvalue weighted by Gasteiger charge is -2.10. The summed E-state index contributed by atoms with van der Waals surface area (Å²) in [7, 11) is 0. The van der Waals surface area contributed by atoms with E-state index < -0.39 is 0 Å². The minimum atomic E-state index is 0.517. The van der Waals surface area contributed by atoms with E-state index in [9.17, 15) is 0 Å². The van der Waals surface area contributed by atoms with E-state index in [-0.39, 0.29) is 0 Å². The van der Waals surface area contributed by atoms with E-state index in [1.165, 1.54) is 6.21 Å². The maximum absolute atomic E-state index is 8.54. The Labute approximate surface area is 88.3 Å². The Balaban J connectivity index is 3.09. The Morgan fingerprint density at radius 2 is 1.80 bits per heavy atom. The summed E-state index contributed by atoms with van der Waals surface area (Å²) in [6.07, 6.45) is 4.39. The summed E-state index contributed by atoms with van der Waals surface area (Å²) in [5, 5.41) is 11.5. The number of pyridine rings is 1. The molecule has 0 spiro atoms. The number of oxime groups is 1. The third-order valence-electron chi connectivity index (χ3n) is 1.70. The summed E-state index contributed by atoms with van der Waals surface area (Å²) >= 11 is 0. The van der Waals surface area contributed by atoms with Crippen LogP contribution in [0.2, 0.25) is 0 Å². The Morgan fingerprint density at radius 1 is 1.27 bits per heavy atom. The van der Waals surface area contributed by atoms with Crippen LogP contribution in [0.5, 0.6) is 11.5 Å². The van der Waals surface area contributed by atoms with Gasteiger partial charge in [-0.25, -0.2) is 0 Å². The van der Waals surface area contributed by atoms with E-state index in [1.807, 2.05) is 13.8 Å². The molecule has 15 heavy (non-hydrogen) atoms. The van der Waals surface area contributed by atoms with Gasteiger partial charge in [-0.2, -0.15) is 0 Å². The largest absolute Gasteiger partial charge is 0.491 e. The molecule has 0 bridgehead atoms. The normalized spacial score (nSPS) is 10.5. The van der Waals surface area contributed by atoms with Crippen LogP contribution in [-0.4, -0.2) is 29.6 Å². The summed E-state index contributed by atoms with van der Waals surface area (Å²) in [5.41, 5.74) is 0.594. The van der Waals surface area contributed by atoms with E-state index in [0.29, 0.717) is 30.3 Å². The Hall–Kier alpha value is -1.78. The fraction of sp³-hybridized carbons (Fsp3) is 0.400. The van der Waals surface area contributed by atoms with Crippen LogP contribution in [0, 0.1) is 0 Å². The lowest BCUT2D eigenvalue weighted by Crippen LogP contribution is -2.02. The molecule has 0 atom stereocenters. The molecular weight excluding hydrogens is 196 g/mol. The van der Waals surface area contributed by atoms with Gasteiger partial charge in [-0.15, -0.1) is 0 Å². The first-order valence-electron chi connectivity index (χ1n) is 4.74. The third kappa shape index (κ3) is 2.83. The lowest BCUT2D eigenvalue weighted by atomic mass is 10.2. The second-order valence-electron chi connectivity index (χ2n) is 2.66. The van der Waals surface area contributed by atoms with Crippen LogP contribution in [-0.2, 0) is 0 Å². The van der Waals surface area contributed by atoms with Gasteiger partial charge in [-0.1, -0.05) is 5.16 Å². The van der Waals surface area contributed by atoms with E-state index in [0.717, 1.165) is 0 Å². The zero-order valence-corrected chi connectivity index (χ0v) is 8.80. The number of aromatic nitrogens is 1. The van der Waals surface area contributed by atoms with Crippen molar-refractivity contribution in [3.63, 3.8) is 0 Å². The van der Waals surface area contributed by atoms with Crippen LogP contribution < -0.4 is 9.47 Å². The van der Waals surface area contributed by atoms with Gasteiger partial charge in [0.05, 0.1) is 37.4 Å². The van der Waals surface area contributed by atoms with Crippen molar-refractivity contribution in [2.45, 2.75) is 13.8 Å². The molecule has 0 unspecified atom stereocenters. The molecule has 0 aromatic carbocycles. The molecule has 82 valence electrons. The summed E-state index contributed by atoms with van der Waals surface area (Å²) in [5.74, 6) is 1.09. The molecule has 1 rings (SSSR count). The van der Waals surface area contributed by atoms with Crippen LogP contribution in [0.25, 0.3) is 0 Å². The maximum atomic E-state index is 8.54. The highest BCUT2D eigenvalue weighted by atomic mass is 16.5. The first kappa shape index (κ1) is 11.3. The van der Waals surface area contributed by atoms with Crippen molar-refractivity contribution < 1.29 is 14.7 Å². The van der Waals surface area contributed by atoms with Crippen LogP contribution in [0.15, 0.2) is 17.5 Å². The standard InChI is InChI=1S/C10H14N2O3/c1-3-14-9-6-11-7-10(15-4-2)8(9)5-12-13/h5-7,13H,3-4H2,1-2H3/b12-5+. The average molecular weight is 210 g/mol. The number of rotatable bonds is 5. The molecular formula is C10H14N2O3. The molecule has 0 radical (unpaired) electrons. The number of ether oxygens (including phenoxy) is 2. The lowest BCUT2D eigenvalue weighted by molar-refractivity contribution is 0.313. The minimum absolute atomic E-state index is 0.517. The van der Waals surface area contributed by atoms with Gasteiger partial charge < -0.3 is 14.7 Å². The van der Waals surface area contributed by atoms with Gasteiger partial charge in [0.2, 0.25) is 0 Å². The Kier molecular flexibility index (Phi) is 4.40. The monoisotopic (exact) mass is 210 g/mol. The summed E-state index contributed by atoms with van der Waals surface area (Å²) in [4.78, 5) is 3.97. The van der Waals surface area contributed by atoms with Gasteiger partial charge in [0.25, 0.3) is 0 Å². The molecule has 0 fully saturated rings. The van der Waals surface area contributed by atoms with E-state index >= 15 is 0 Å². The molecule has 1 aromatic rings. The van der Waals surface area contributed by atoms with Crippen LogP contribution >= 0.6 is 0 Å². The van der Waals surface area contributed by atoms with E-state index in [2.05, 4.69) is 10.1 Å². The molecule has 1 N–H and O–H groups in total. The molecule has 0 saturated carbocycles. The molecule has 0 aliphatic heterocycles. The fourth-order valence-electron chi connectivity index (χ4n) is 1.16. The zero-order chi connectivity index (χ0) is 11.1. The van der Waals surface area contributed by atoms with Crippen molar-refractivity contribution in [1.82, 2.24) is 4.98 Å². The van der Waals surface area contributed by atoms with Crippen molar-refractivity contribution >= 4 is 6.21 Å². The van der Waals surface area contributed by atoms with Crippen molar-refractivity contribution in [1.29, 1.82) is 0 Å². The Morgan fingerprint density at radius 3 is 2.20 bits per heavy atom. The smallest absolute Gasteiger partial charge is 0.150 e. The minimum Gasteiger partial charge on any atom is -0.491 e. The summed E-state index contributed by atoms with van der Waals surface area (Å²) in [6, 6.07) is 0. The molecule has 1 aromatic heterocycles. The van der Waals surface area contributed by atoms with Gasteiger partial charge >= 0.3 is 0 Å². The predicted octanol–water partition coefficient (Wildman–Crippen LogP) is 1.69. The molecule has 5 heteroatoms. The van der Waals surface area contributed by atoms with Gasteiger partial charge in [0.15, 0.2) is 0 Å². The van der Waals surface area contributed by atoms with Crippen molar-refractivity contribution in [3.8, 4) is 11.5 Å². The van der Waals surface area contributed by atoms with E-state index in [1.54, 1.807) is 12.4 Å².